The monoisotopic (exact) mass is 314 g/mol. The first-order valence-corrected chi connectivity index (χ1v) is 8.08. The molecule has 118 valence electrons. The molecular weight excluding hydrogens is 296 g/mol. The largest absolute Gasteiger partial charge is 0.456 e. The topological polar surface area (TPSA) is 33.4 Å². The van der Waals surface area contributed by atoms with Gasteiger partial charge in [0.2, 0.25) is 0 Å². The second-order valence-electron chi connectivity index (χ2n) is 6.00. The van der Waals surface area contributed by atoms with E-state index in [-0.39, 0.29) is 6.61 Å². The van der Waals surface area contributed by atoms with E-state index in [0.717, 1.165) is 34.3 Å². The molecule has 4 rings (SSSR count). The molecule has 1 N–H and O–H groups in total. The number of fused-ring (bicyclic) bond motifs is 1. The summed E-state index contributed by atoms with van der Waals surface area (Å²) in [6.07, 6.45) is 0.919. The van der Waals surface area contributed by atoms with Crippen molar-refractivity contribution in [3.05, 3.63) is 95.6 Å². The summed E-state index contributed by atoms with van der Waals surface area (Å²) in [6, 6.07) is 26.7. The van der Waals surface area contributed by atoms with Gasteiger partial charge in [0.25, 0.3) is 0 Å². The zero-order valence-electron chi connectivity index (χ0n) is 13.3. The molecule has 0 aliphatic heterocycles. The van der Waals surface area contributed by atoms with Gasteiger partial charge in [0.1, 0.15) is 11.3 Å². The van der Waals surface area contributed by atoms with Crippen LogP contribution in [-0.2, 0) is 13.0 Å². The first-order valence-electron chi connectivity index (χ1n) is 8.08. The Balaban J connectivity index is 1.65. The van der Waals surface area contributed by atoms with Gasteiger partial charge in [-0.05, 0) is 41.3 Å². The van der Waals surface area contributed by atoms with E-state index in [0.29, 0.717) is 0 Å². The zero-order valence-corrected chi connectivity index (χ0v) is 13.3. The number of aliphatic hydroxyl groups excluding tert-OH is 1. The highest BCUT2D eigenvalue weighted by Gasteiger charge is 2.07. The van der Waals surface area contributed by atoms with Crippen LogP contribution in [0.2, 0.25) is 0 Å². The summed E-state index contributed by atoms with van der Waals surface area (Å²) < 4.78 is 5.97. The summed E-state index contributed by atoms with van der Waals surface area (Å²) in [4.78, 5) is 0. The maximum Gasteiger partial charge on any atom is 0.135 e. The smallest absolute Gasteiger partial charge is 0.135 e. The highest BCUT2D eigenvalue weighted by atomic mass is 16.3. The lowest BCUT2D eigenvalue weighted by atomic mass is 10.0. The van der Waals surface area contributed by atoms with Crippen molar-refractivity contribution in [2.45, 2.75) is 13.0 Å². The van der Waals surface area contributed by atoms with Crippen LogP contribution in [0.4, 0.5) is 0 Å². The molecular formula is C22H18O2. The van der Waals surface area contributed by atoms with Gasteiger partial charge in [0, 0.05) is 10.9 Å². The van der Waals surface area contributed by atoms with Crippen molar-refractivity contribution < 1.29 is 9.52 Å². The van der Waals surface area contributed by atoms with E-state index in [1.54, 1.807) is 0 Å². The number of aliphatic hydroxyl groups is 1. The van der Waals surface area contributed by atoms with E-state index in [1.807, 2.05) is 36.4 Å². The Hall–Kier alpha value is -2.84. The van der Waals surface area contributed by atoms with Gasteiger partial charge in [-0.2, -0.15) is 0 Å². The molecule has 0 spiro atoms. The van der Waals surface area contributed by atoms with Crippen LogP contribution in [-0.4, -0.2) is 5.11 Å². The molecule has 0 saturated heterocycles. The number of rotatable bonds is 4. The third-order valence-corrected chi connectivity index (χ3v) is 4.25. The molecule has 3 aromatic carbocycles. The van der Waals surface area contributed by atoms with Gasteiger partial charge in [-0.1, -0.05) is 60.7 Å². The quantitative estimate of drug-likeness (QED) is 0.563. The summed E-state index contributed by atoms with van der Waals surface area (Å²) in [6.45, 7) is 0.0588. The molecule has 0 radical (unpaired) electrons. The fourth-order valence-corrected chi connectivity index (χ4v) is 2.95. The minimum Gasteiger partial charge on any atom is -0.456 e. The lowest BCUT2D eigenvalue weighted by Crippen LogP contribution is -1.86. The summed E-state index contributed by atoms with van der Waals surface area (Å²) >= 11 is 0. The molecule has 0 unspecified atom stereocenters. The van der Waals surface area contributed by atoms with Crippen LogP contribution in [0.1, 0.15) is 16.7 Å². The predicted octanol–water partition coefficient (Wildman–Crippen LogP) is 5.18. The molecule has 1 aromatic heterocycles. The Morgan fingerprint density at radius 3 is 2.21 bits per heavy atom. The summed E-state index contributed by atoms with van der Waals surface area (Å²) in [5.74, 6) is 0.853. The molecule has 0 atom stereocenters. The van der Waals surface area contributed by atoms with Crippen molar-refractivity contribution in [2.24, 2.45) is 0 Å². The fraction of sp³-hybridized carbons (Fsp3) is 0.0909. The number of hydrogen-bond acceptors (Lipinski definition) is 2. The van der Waals surface area contributed by atoms with E-state index >= 15 is 0 Å². The number of hydrogen-bond donors (Lipinski definition) is 1. The van der Waals surface area contributed by atoms with Gasteiger partial charge >= 0.3 is 0 Å². The first-order chi connectivity index (χ1) is 11.8. The molecule has 0 fully saturated rings. The highest BCUT2D eigenvalue weighted by molar-refractivity contribution is 5.83. The molecule has 0 aliphatic carbocycles. The minimum atomic E-state index is 0.0588. The van der Waals surface area contributed by atoms with Crippen molar-refractivity contribution in [3.8, 4) is 11.3 Å². The molecule has 0 bridgehead atoms. The normalized spacial score (nSPS) is 11.0. The second-order valence-corrected chi connectivity index (χ2v) is 6.00. The van der Waals surface area contributed by atoms with Gasteiger partial charge in [-0.25, -0.2) is 0 Å². The van der Waals surface area contributed by atoms with Crippen molar-refractivity contribution in [3.63, 3.8) is 0 Å². The Morgan fingerprint density at radius 1 is 0.708 bits per heavy atom. The van der Waals surface area contributed by atoms with Crippen LogP contribution in [0.5, 0.6) is 0 Å². The molecule has 4 aromatic rings. The lowest BCUT2D eigenvalue weighted by Gasteiger charge is -2.01. The van der Waals surface area contributed by atoms with E-state index in [2.05, 4.69) is 42.5 Å². The number of benzene rings is 3. The SMILES string of the molecule is OCc1ccc(-c2cc3cc(Cc4ccccc4)ccc3o2)cc1. The van der Waals surface area contributed by atoms with Gasteiger partial charge in [0.15, 0.2) is 0 Å². The van der Waals surface area contributed by atoms with Crippen LogP contribution in [0, 0.1) is 0 Å². The maximum absolute atomic E-state index is 9.14. The number of furan rings is 1. The Labute approximate surface area is 141 Å². The van der Waals surface area contributed by atoms with Crippen molar-refractivity contribution in [1.29, 1.82) is 0 Å². The minimum absolute atomic E-state index is 0.0588. The van der Waals surface area contributed by atoms with Crippen LogP contribution in [0.15, 0.2) is 83.3 Å². The summed E-state index contributed by atoms with van der Waals surface area (Å²) in [5.41, 5.74) is 5.40. The molecule has 2 nitrogen and oxygen atoms in total. The van der Waals surface area contributed by atoms with E-state index in [9.17, 15) is 0 Å². The molecule has 0 aliphatic rings. The Kier molecular flexibility index (Phi) is 3.89. The van der Waals surface area contributed by atoms with E-state index in [4.69, 9.17) is 9.52 Å². The van der Waals surface area contributed by atoms with Crippen LogP contribution in [0.3, 0.4) is 0 Å². The summed E-state index contributed by atoms with van der Waals surface area (Å²) in [7, 11) is 0. The van der Waals surface area contributed by atoms with Crippen LogP contribution in [0.25, 0.3) is 22.3 Å². The zero-order chi connectivity index (χ0) is 16.4. The van der Waals surface area contributed by atoms with Gasteiger partial charge < -0.3 is 9.52 Å². The first kappa shape index (κ1) is 14.7. The second kappa shape index (κ2) is 6.34. The Morgan fingerprint density at radius 2 is 1.46 bits per heavy atom. The lowest BCUT2D eigenvalue weighted by molar-refractivity contribution is 0.282. The third kappa shape index (κ3) is 2.97. The standard InChI is InChI=1S/C22H18O2/c23-15-17-6-9-19(10-7-17)22-14-20-13-18(8-11-21(20)24-22)12-16-4-2-1-3-5-16/h1-11,13-14,23H,12,15H2. The van der Waals surface area contributed by atoms with Crippen LogP contribution < -0.4 is 0 Å². The van der Waals surface area contributed by atoms with E-state index in [1.165, 1.54) is 11.1 Å². The van der Waals surface area contributed by atoms with Gasteiger partial charge in [-0.3, -0.25) is 0 Å². The van der Waals surface area contributed by atoms with Crippen molar-refractivity contribution in [1.82, 2.24) is 0 Å². The molecule has 0 saturated carbocycles. The van der Waals surface area contributed by atoms with Crippen molar-refractivity contribution in [2.75, 3.05) is 0 Å². The van der Waals surface area contributed by atoms with Crippen LogP contribution >= 0.6 is 0 Å². The fourth-order valence-electron chi connectivity index (χ4n) is 2.95. The molecule has 0 amide bonds. The van der Waals surface area contributed by atoms with Crippen molar-refractivity contribution >= 4 is 11.0 Å². The highest BCUT2D eigenvalue weighted by Crippen LogP contribution is 2.29. The third-order valence-electron chi connectivity index (χ3n) is 4.25. The average molecular weight is 314 g/mol. The van der Waals surface area contributed by atoms with Gasteiger partial charge in [0.05, 0.1) is 6.61 Å². The van der Waals surface area contributed by atoms with Gasteiger partial charge in [-0.15, -0.1) is 0 Å². The molecule has 24 heavy (non-hydrogen) atoms. The van der Waals surface area contributed by atoms with E-state index < -0.39 is 0 Å². The maximum atomic E-state index is 9.14. The molecule has 2 heteroatoms. The average Bonchev–Trinajstić information content (AvgIpc) is 3.06. The molecule has 1 heterocycles. The Bertz CT molecular complexity index is 950. The predicted molar refractivity (Wildman–Crippen MR) is 96.8 cm³/mol. The summed E-state index contributed by atoms with van der Waals surface area (Å²) in [5, 5.41) is 10.3.